The minimum Gasteiger partial charge on any atom is -0.356 e. The first kappa shape index (κ1) is 12.4. The highest BCUT2D eigenvalue weighted by Crippen LogP contribution is 2.14. The molecule has 0 saturated heterocycles. The van der Waals surface area contributed by atoms with Crippen molar-refractivity contribution in [1.82, 2.24) is 5.32 Å². The number of allylic oxidation sites excluding steroid dienone is 1. The quantitative estimate of drug-likeness (QED) is 0.556. The lowest BCUT2D eigenvalue weighted by atomic mass is 9.97. The van der Waals surface area contributed by atoms with Gasteiger partial charge in [0.1, 0.15) is 0 Å². The second kappa shape index (κ2) is 6.74. The molecule has 0 aliphatic heterocycles. The molecule has 0 aromatic rings. The van der Waals surface area contributed by atoms with E-state index in [0.29, 0.717) is 25.6 Å². The predicted octanol–water partition coefficient (Wildman–Crippen LogP) is 0.350. The lowest BCUT2D eigenvalue weighted by Crippen LogP contribution is -2.33. The Kier molecular flexibility index (Phi) is 5.57. The average Bonchev–Trinajstić information content (AvgIpc) is 2.27. The second-order valence-corrected chi connectivity index (χ2v) is 3.56. The summed E-state index contributed by atoms with van der Waals surface area (Å²) in [5.41, 5.74) is 6.72. The van der Waals surface area contributed by atoms with Crippen molar-refractivity contribution in [3.63, 3.8) is 0 Å². The number of hydrogen-bond acceptors (Lipinski definition) is 4. The first-order valence-electron chi connectivity index (χ1n) is 5.36. The Labute approximate surface area is 90.8 Å². The first-order valence-corrected chi connectivity index (χ1v) is 5.36. The topological polar surface area (TPSA) is 67.5 Å². The summed E-state index contributed by atoms with van der Waals surface area (Å²) >= 11 is 0. The summed E-state index contributed by atoms with van der Waals surface area (Å²) < 4.78 is 4.95. The summed E-state index contributed by atoms with van der Waals surface area (Å²) in [6, 6.07) is 0. The average molecular weight is 212 g/mol. The van der Waals surface area contributed by atoms with E-state index >= 15 is 0 Å². The Bertz CT molecular complexity index is 239. The van der Waals surface area contributed by atoms with E-state index in [1.165, 1.54) is 5.57 Å². The monoisotopic (exact) mass is 212 g/mol. The van der Waals surface area contributed by atoms with Gasteiger partial charge in [0.25, 0.3) is 0 Å². The van der Waals surface area contributed by atoms with Crippen molar-refractivity contribution in [2.75, 3.05) is 19.7 Å². The molecule has 0 amide bonds. The standard InChI is InChI=1S/C11H20N2O2/c1-2-15-11(14)13-8-10-5-3-9(7-12)4-6-10/h3,5-6,9,11,13-14H,2,4,7-8,12H2,1H3. The van der Waals surface area contributed by atoms with E-state index in [-0.39, 0.29) is 0 Å². The fraction of sp³-hybridized carbons (Fsp3) is 0.636. The Morgan fingerprint density at radius 1 is 1.73 bits per heavy atom. The Hall–Kier alpha value is -0.680. The van der Waals surface area contributed by atoms with Gasteiger partial charge in [-0.3, -0.25) is 5.32 Å². The maximum atomic E-state index is 9.27. The fourth-order valence-electron chi connectivity index (χ4n) is 1.44. The third kappa shape index (κ3) is 4.57. The highest BCUT2D eigenvalue weighted by molar-refractivity contribution is 5.25. The van der Waals surface area contributed by atoms with Crippen molar-refractivity contribution in [1.29, 1.82) is 0 Å². The van der Waals surface area contributed by atoms with Crippen LogP contribution in [0, 0.1) is 5.92 Å². The van der Waals surface area contributed by atoms with Crippen molar-refractivity contribution in [3.8, 4) is 0 Å². The number of nitrogens with one attached hydrogen (secondary N) is 1. The maximum Gasteiger partial charge on any atom is 0.213 e. The molecule has 0 radical (unpaired) electrons. The normalized spacial score (nSPS) is 22.6. The minimum atomic E-state index is -0.878. The van der Waals surface area contributed by atoms with E-state index in [1.807, 2.05) is 13.0 Å². The molecule has 0 spiro atoms. The molecule has 0 bridgehead atoms. The van der Waals surface area contributed by atoms with Gasteiger partial charge in [-0.2, -0.15) is 0 Å². The van der Waals surface area contributed by atoms with E-state index in [4.69, 9.17) is 10.5 Å². The zero-order valence-corrected chi connectivity index (χ0v) is 9.15. The van der Waals surface area contributed by atoms with Crippen LogP contribution < -0.4 is 11.1 Å². The molecule has 1 aliphatic rings. The van der Waals surface area contributed by atoms with Gasteiger partial charge >= 0.3 is 0 Å². The Morgan fingerprint density at radius 3 is 3.07 bits per heavy atom. The number of aliphatic hydroxyl groups excluding tert-OH is 1. The summed E-state index contributed by atoms with van der Waals surface area (Å²) in [4.78, 5) is 0. The summed E-state index contributed by atoms with van der Waals surface area (Å²) in [7, 11) is 0. The highest BCUT2D eigenvalue weighted by Gasteiger charge is 2.07. The maximum absolute atomic E-state index is 9.27. The minimum absolute atomic E-state index is 0.463. The van der Waals surface area contributed by atoms with Crippen LogP contribution in [0.2, 0.25) is 0 Å². The molecule has 0 fully saturated rings. The molecule has 15 heavy (non-hydrogen) atoms. The molecule has 0 aromatic carbocycles. The van der Waals surface area contributed by atoms with Crippen LogP contribution in [0.25, 0.3) is 0 Å². The third-order valence-electron chi connectivity index (χ3n) is 2.37. The van der Waals surface area contributed by atoms with Gasteiger partial charge in [-0.25, -0.2) is 0 Å². The van der Waals surface area contributed by atoms with Gasteiger partial charge < -0.3 is 15.6 Å². The van der Waals surface area contributed by atoms with E-state index in [2.05, 4.69) is 17.5 Å². The molecular weight excluding hydrogens is 192 g/mol. The van der Waals surface area contributed by atoms with Crippen LogP contribution in [0.3, 0.4) is 0 Å². The van der Waals surface area contributed by atoms with Gasteiger partial charge in [0.2, 0.25) is 6.41 Å². The smallest absolute Gasteiger partial charge is 0.213 e. The molecule has 4 N–H and O–H groups in total. The van der Waals surface area contributed by atoms with E-state index in [0.717, 1.165) is 6.42 Å². The molecule has 0 heterocycles. The molecule has 4 nitrogen and oxygen atoms in total. The van der Waals surface area contributed by atoms with Gasteiger partial charge in [-0.05, 0) is 31.4 Å². The molecule has 0 saturated carbocycles. The molecular formula is C11H20N2O2. The van der Waals surface area contributed by atoms with Crippen LogP contribution in [-0.2, 0) is 4.74 Å². The largest absolute Gasteiger partial charge is 0.356 e. The number of nitrogens with two attached hydrogens (primary N) is 1. The van der Waals surface area contributed by atoms with Gasteiger partial charge in [-0.15, -0.1) is 0 Å². The molecule has 2 atom stereocenters. The fourth-order valence-corrected chi connectivity index (χ4v) is 1.44. The summed E-state index contributed by atoms with van der Waals surface area (Å²) in [5, 5.41) is 12.1. The first-order chi connectivity index (χ1) is 7.26. The zero-order chi connectivity index (χ0) is 11.1. The predicted molar refractivity (Wildman–Crippen MR) is 60.0 cm³/mol. The SMILES string of the molecule is CCOC(O)NCC1=CCC(CN)C=C1. The second-order valence-electron chi connectivity index (χ2n) is 3.56. The molecule has 1 rings (SSSR count). The molecule has 2 unspecified atom stereocenters. The van der Waals surface area contributed by atoms with Crippen LogP contribution in [0.15, 0.2) is 23.8 Å². The number of hydrogen-bond donors (Lipinski definition) is 3. The number of aliphatic hydroxyl groups is 1. The lowest BCUT2D eigenvalue weighted by Gasteiger charge is -2.16. The Morgan fingerprint density at radius 2 is 2.53 bits per heavy atom. The zero-order valence-electron chi connectivity index (χ0n) is 9.15. The summed E-state index contributed by atoms with van der Waals surface area (Å²) in [6.45, 7) is 3.65. The van der Waals surface area contributed by atoms with Crippen LogP contribution >= 0.6 is 0 Å². The van der Waals surface area contributed by atoms with Crippen LogP contribution in [-0.4, -0.2) is 31.2 Å². The van der Waals surface area contributed by atoms with Crippen LogP contribution in [0.4, 0.5) is 0 Å². The van der Waals surface area contributed by atoms with Gasteiger partial charge in [0.05, 0.1) is 0 Å². The molecule has 86 valence electrons. The summed E-state index contributed by atoms with van der Waals surface area (Å²) in [5.74, 6) is 0.463. The van der Waals surface area contributed by atoms with E-state index < -0.39 is 6.41 Å². The molecule has 4 heteroatoms. The van der Waals surface area contributed by atoms with Gasteiger partial charge in [0.15, 0.2) is 0 Å². The Balaban J connectivity index is 2.23. The van der Waals surface area contributed by atoms with Crippen molar-refractivity contribution in [2.24, 2.45) is 11.7 Å². The summed E-state index contributed by atoms with van der Waals surface area (Å²) in [6.07, 6.45) is 6.41. The van der Waals surface area contributed by atoms with Crippen molar-refractivity contribution < 1.29 is 9.84 Å². The number of ether oxygens (including phenoxy) is 1. The third-order valence-corrected chi connectivity index (χ3v) is 2.37. The van der Waals surface area contributed by atoms with Crippen LogP contribution in [0.5, 0.6) is 0 Å². The van der Waals surface area contributed by atoms with Crippen molar-refractivity contribution >= 4 is 0 Å². The molecule has 0 aromatic heterocycles. The van der Waals surface area contributed by atoms with Crippen LogP contribution in [0.1, 0.15) is 13.3 Å². The lowest BCUT2D eigenvalue weighted by molar-refractivity contribution is -0.114. The van der Waals surface area contributed by atoms with E-state index in [9.17, 15) is 5.11 Å². The van der Waals surface area contributed by atoms with Crippen molar-refractivity contribution in [2.45, 2.75) is 19.8 Å². The van der Waals surface area contributed by atoms with Crippen molar-refractivity contribution in [3.05, 3.63) is 23.8 Å². The van der Waals surface area contributed by atoms with Gasteiger partial charge in [0, 0.05) is 13.2 Å². The molecule has 1 aliphatic carbocycles. The van der Waals surface area contributed by atoms with Gasteiger partial charge in [-0.1, -0.05) is 18.2 Å². The number of rotatable bonds is 6. The highest BCUT2D eigenvalue weighted by atomic mass is 16.6. The van der Waals surface area contributed by atoms with E-state index in [1.54, 1.807) is 0 Å².